The smallest absolute Gasteiger partial charge is 0.241 e. The topological polar surface area (TPSA) is 55.1 Å². The van der Waals surface area contributed by atoms with Gasteiger partial charge in [-0.2, -0.15) is 0 Å². The van der Waals surface area contributed by atoms with Gasteiger partial charge in [0, 0.05) is 4.47 Å². The van der Waals surface area contributed by atoms with Crippen molar-refractivity contribution < 1.29 is 9.18 Å². The fraction of sp³-hybridized carbons (Fsp3) is 0.182. The summed E-state index contributed by atoms with van der Waals surface area (Å²) in [4.78, 5) is 11.5. The van der Waals surface area contributed by atoms with Crippen LogP contribution in [0.15, 0.2) is 35.3 Å². The molecule has 1 atom stereocenters. The summed E-state index contributed by atoms with van der Waals surface area (Å²) in [5, 5.41) is 2.43. The summed E-state index contributed by atoms with van der Waals surface area (Å²) >= 11 is 3.15. The van der Waals surface area contributed by atoms with Gasteiger partial charge in [0.1, 0.15) is 5.82 Å². The highest BCUT2D eigenvalue weighted by molar-refractivity contribution is 9.10. The number of para-hydroxylation sites is 1. The van der Waals surface area contributed by atoms with E-state index >= 15 is 0 Å². The lowest BCUT2D eigenvalue weighted by molar-refractivity contribution is -0.117. The third kappa shape index (κ3) is 3.15. The van der Waals surface area contributed by atoms with Crippen LogP contribution < -0.4 is 11.1 Å². The van der Waals surface area contributed by atoms with E-state index in [1.54, 1.807) is 18.2 Å². The summed E-state index contributed by atoms with van der Waals surface area (Å²) < 4.78 is 13.8. The molecule has 86 valence electrons. The van der Waals surface area contributed by atoms with Crippen molar-refractivity contribution in [2.75, 3.05) is 5.32 Å². The van der Waals surface area contributed by atoms with Crippen LogP contribution in [0.25, 0.3) is 0 Å². The van der Waals surface area contributed by atoms with Crippen molar-refractivity contribution in [3.8, 4) is 0 Å². The number of amides is 1. The summed E-state index contributed by atoms with van der Waals surface area (Å²) in [7, 11) is 0. The molecule has 0 aromatic heterocycles. The second kappa shape index (κ2) is 5.77. The fourth-order valence-electron chi connectivity index (χ4n) is 1.12. The van der Waals surface area contributed by atoms with Crippen molar-refractivity contribution in [3.63, 3.8) is 0 Å². The van der Waals surface area contributed by atoms with Gasteiger partial charge in [-0.1, -0.05) is 12.1 Å². The molecule has 1 aromatic carbocycles. The number of carbonyl (C=O) groups excluding carboxylic acids is 1. The molecule has 0 aliphatic carbocycles. The highest BCUT2D eigenvalue weighted by atomic mass is 79.9. The molecule has 1 rings (SSSR count). The maximum atomic E-state index is 13.4. The average molecular weight is 287 g/mol. The lowest BCUT2D eigenvalue weighted by Gasteiger charge is -2.12. The molecular weight excluding hydrogens is 275 g/mol. The molecule has 1 unspecified atom stereocenters. The first-order chi connectivity index (χ1) is 7.56. The number of nitrogens with two attached hydrogens (primary N) is 1. The van der Waals surface area contributed by atoms with Crippen LogP contribution in [0.3, 0.4) is 0 Å². The van der Waals surface area contributed by atoms with Crippen molar-refractivity contribution in [1.29, 1.82) is 0 Å². The Hall–Kier alpha value is -1.20. The van der Waals surface area contributed by atoms with Gasteiger partial charge < -0.3 is 11.1 Å². The minimum Gasteiger partial charge on any atom is -0.321 e. The molecule has 0 aliphatic rings. The minimum absolute atomic E-state index is 0.104. The second-order valence-electron chi connectivity index (χ2n) is 3.22. The first-order valence-electron chi connectivity index (χ1n) is 4.67. The molecule has 3 N–H and O–H groups in total. The fourth-order valence-corrected chi connectivity index (χ4v) is 1.56. The van der Waals surface area contributed by atoms with Crippen molar-refractivity contribution >= 4 is 27.5 Å². The van der Waals surface area contributed by atoms with Gasteiger partial charge in [-0.15, -0.1) is 6.58 Å². The number of halogens is 2. The van der Waals surface area contributed by atoms with E-state index in [9.17, 15) is 9.18 Å². The van der Waals surface area contributed by atoms with Gasteiger partial charge in [-0.05, 0) is 34.5 Å². The lowest BCUT2D eigenvalue weighted by Crippen LogP contribution is -2.35. The van der Waals surface area contributed by atoms with Crippen LogP contribution in [0, 0.1) is 5.82 Å². The number of benzene rings is 1. The summed E-state index contributed by atoms with van der Waals surface area (Å²) in [6.45, 7) is 3.48. The Bertz CT molecular complexity index is 389. The number of nitrogens with one attached hydrogen (secondary N) is 1. The SMILES string of the molecule is C=CCC(N)C(=O)Nc1c(F)cccc1Br. The van der Waals surface area contributed by atoms with Crippen molar-refractivity contribution in [3.05, 3.63) is 41.1 Å². The number of hydrogen-bond donors (Lipinski definition) is 2. The van der Waals surface area contributed by atoms with Crippen molar-refractivity contribution in [1.82, 2.24) is 0 Å². The van der Waals surface area contributed by atoms with E-state index in [0.29, 0.717) is 10.9 Å². The van der Waals surface area contributed by atoms with E-state index in [4.69, 9.17) is 5.73 Å². The van der Waals surface area contributed by atoms with E-state index in [0.717, 1.165) is 0 Å². The zero-order valence-electron chi connectivity index (χ0n) is 8.54. The highest BCUT2D eigenvalue weighted by Gasteiger charge is 2.15. The van der Waals surface area contributed by atoms with E-state index in [1.807, 2.05) is 0 Å². The Morgan fingerprint density at radius 3 is 2.94 bits per heavy atom. The molecule has 0 heterocycles. The van der Waals surface area contributed by atoms with Crippen LogP contribution in [0.1, 0.15) is 6.42 Å². The van der Waals surface area contributed by atoms with E-state index < -0.39 is 17.8 Å². The number of rotatable bonds is 4. The van der Waals surface area contributed by atoms with Gasteiger partial charge in [-0.3, -0.25) is 4.79 Å². The Labute approximate surface area is 102 Å². The van der Waals surface area contributed by atoms with Crippen molar-refractivity contribution in [2.45, 2.75) is 12.5 Å². The standard InChI is InChI=1S/C11H12BrFN2O/c1-2-4-9(14)11(16)15-10-7(12)5-3-6-8(10)13/h2-3,5-6,9H,1,4,14H2,(H,15,16). The van der Waals surface area contributed by atoms with Crippen LogP contribution in [-0.4, -0.2) is 11.9 Å². The van der Waals surface area contributed by atoms with Crippen LogP contribution in [0.4, 0.5) is 10.1 Å². The maximum absolute atomic E-state index is 13.4. The van der Waals surface area contributed by atoms with Gasteiger partial charge in [0.25, 0.3) is 0 Å². The van der Waals surface area contributed by atoms with Gasteiger partial charge >= 0.3 is 0 Å². The first kappa shape index (κ1) is 12.9. The Morgan fingerprint density at radius 2 is 2.38 bits per heavy atom. The predicted molar refractivity (Wildman–Crippen MR) is 65.5 cm³/mol. The van der Waals surface area contributed by atoms with Crippen LogP contribution in [0.5, 0.6) is 0 Å². The molecule has 0 saturated carbocycles. The summed E-state index contributed by atoms with van der Waals surface area (Å²) in [5.74, 6) is -0.945. The molecule has 5 heteroatoms. The van der Waals surface area contributed by atoms with Gasteiger partial charge in [0.05, 0.1) is 11.7 Å². The van der Waals surface area contributed by atoms with Crippen LogP contribution >= 0.6 is 15.9 Å². The Balaban J connectivity index is 2.80. The molecule has 0 radical (unpaired) electrons. The molecule has 16 heavy (non-hydrogen) atoms. The monoisotopic (exact) mass is 286 g/mol. The largest absolute Gasteiger partial charge is 0.321 e. The number of hydrogen-bond acceptors (Lipinski definition) is 2. The number of carbonyl (C=O) groups is 1. The molecule has 0 fully saturated rings. The van der Waals surface area contributed by atoms with E-state index in [1.165, 1.54) is 6.07 Å². The first-order valence-corrected chi connectivity index (χ1v) is 5.47. The molecule has 3 nitrogen and oxygen atoms in total. The summed E-state index contributed by atoms with van der Waals surface area (Å²) in [5.41, 5.74) is 5.66. The van der Waals surface area contributed by atoms with Gasteiger partial charge in [-0.25, -0.2) is 4.39 Å². The van der Waals surface area contributed by atoms with E-state index in [2.05, 4.69) is 27.8 Å². The summed E-state index contributed by atoms with van der Waals surface area (Å²) in [6.07, 6.45) is 1.89. The average Bonchev–Trinajstić information content (AvgIpc) is 2.23. The summed E-state index contributed by atoms with van der Waals surface area (Å²) in [6, 6.07) is 3.72. The molecule has 0 saturated heterocycles. The normalized spacial score (nSPS) is 11.9. The second-order valence-corrected chi connectivity index (χ2v) is 4.07. The maximum Gasteiger partial charge on any atom is 0.241 e. The third-order valence-corrected chi connectivity index (χ3v) is 2.63. The minimum atomic E-state index is -0.719. The Kier molecular flexibility index (Phi) is 4.64. The predicted octanol–water partition coefficient (Wildman–Crippen LogP) is 2.43. The molecule has 0 aliphatic heterocycles. The third-order valence-electron chi connectivity index (χ3n) is 1.97. The molecule has 0 spiro atoms. The van der Waals surface area contributed by atoms with Crippen LogP contribution in [-0.2, 0) is 4.79 Å². The molecule has 0 bridgehead atoms. The Morgan fingerprint density at radius 1 is 1.69 bits per heavy atom. The molecule has 1 aromatic rings. The van der Waals surface area contributed by atoms with Crippen molar-refractivity contribution in [2.24, 2.45) is 5.73 Å². The lowest BCUT2D eigenvalue weighted by atomic mass is 10.2. The zero-order valence-corrected chi connectivity index (χ0v) is 10.1. The van der Waals surface area contributed by atoms with Gasteiger partial charge in [0.2, 0.25) is 5.91 Å². The quantitative estimate of drug-likeness (QED) is 0.836. The number of anilines is 1. The van der Waals surface area contributed by atoms with Gasteiger partial charge in [0.15, 0.2) is 0 Å². The zero-order chi connectivity index (χ0) is 12.1. The van der Waals surface area contributed by atoms with Crippen LogP contribution in [0.2, 0.25) is 0 Å². The van der Waals surface area contributed by atoms with E-state index in [-0.39, 0.29) is 5.69 Å². The molecular formula is C11H12BrFN2O. The highest BCUT2D eigenvalue weighted by Crippen LogP contribution is 2.25. The molecule has 1 amide bonds.